The van der Waals surface area contributed by atoms with Crippen LogP contribution in [0.3, 0.4) is 0 Å². The van der Waals surface area contributed by atoms with E-state index >= 15 is 0 Å². The topological polar surface area (TPSA) is 84.9 Å². The van der Waals surface area contributed by atoms with E-state index < -0.39 is 10.0 Å². The highest BCUT2D eigenvalue weighted by Crippen LogP contribution is 2.37. The number of rotatable bonds is 5. The molecule has 2 saturated heterocycles. The van der Waals surface area contributed by atoms with Gasteiger partial charge in [0.05, 0.1) is 18.0 Å². The molecule has 0 bridgehead atoms. The Labute approximate surface area is 126 Å². The standard InChI is InChI=1S/C13H24N2O5S/c1-19-9-12(16)14-8-11-4-3-5-13(20-11)6-7-15(10-13)21(2,17)18/h11H,3-10H2,1-2H3,(H,14,16)/t11-,13-/m1/s1. The zero-order chi connectivity index (χ0) is 15.5. The number of carbonyl (C=O) groups excluding carboxylic acids is 1. The Bertz CT molecular complexity index is 481. The van der Waals surface area contributed by atoms with E-state index in [1.54, 1.807) is 0 Å². The summed E-state index contributed by atoms with van der Waals surface area (Å²) in [5.41, 5.74) is -0.377. The molecule has 0 aliphatic carbocycles. The van der Waals surface area contributed by atoms with Crippen molar-refractivity contribution in [2.24, 2.45) is 0 Å². The molecule has 2 rings (SSSR count). The van der Waals surface area contributed by atoms with Gasteiger partial charge in [0.2, 0.25) is 15.9 Å². The fourth-order valence-electron chi connectivity index (χ4n) is 3.07. The summed E-state index contributed by atoms with van der Waals surface area (Å²) in [5.74, 6) is -0.162. The number of amides is 1. The Hall–Kier alpha value is -0.700. The second-order valence-corrected chi connectivity index (χ2v) is 7.88. The van der Waals surface area contributed by atoms with Crippen LogP contribution in [0.25, 0.3) is 0 Å². The summed E-state index contributed by atoms with van der Waals surface area (Å²) in [4.78, 5) is 11.4. The molecule has 1 spiro atoms. The Balaban J connectivity index is 1.88. The second kappa shape index (κ2) is 6.60. The minimum atomic E-state index is -3.16. The number of sulfonamides is 1. The maximum absolute atomic E-state index is 11.6. The predicted molar refractivity (Wildman–Crippen MR) is 77.4 cm³/mol. The molecule has 21 heavy (non-hydrogen) atoms. The molecule has 0 saturated carbocycles. The van der Waals surface area contributed by atoms with Crippen LogP contribution in [0.15, 0.2) is 0 Å². The highest BCUT2D eigenvalue weighted by Gasteiger charge is 2.45. The lowest BCUT2D eigenvalue weighted by molar-refractivity contribution is -0.132. The van der Waals surface area contributed by atoms with E-state index in [9.17, 15) is 13.2 Å². The fourth-order valence-corrected chi connectivity index (χ4v) is 3.96. The Morgan fingerprint density at radius 3 is 2.86 bits per heavy atom. The molecule has 2 fully saturated rings. The molecule has 7 nitrogen and oxygen atoms in total. The fraction of sp³-hybridized carbons (Fsp3) is 0.923. The van der Waals surface area contributed by atoms with Crippen LogP contribution in [0.2, 0.25) is 0 Å². The van der Waals surface area contributed by atoms with Crippen LogP contribution in [0, 0.1) is 0 Å². The minimum absolute atomic E-state index is 0.0414. The molecular formula is C13H24N2O5S. The van der Waals surface area contributed by atoms with Crippen molar-refractivity contribution in [2.45, 2.75) is 37.4 Å². The number of carbonyl (C=O) groups is 1. The molecule has 0 aromatic rings. The van der Waals surface area contributed by atoms with Crippen molar-refractivity contribution >= 4 is 15.9 Å². The lowest BCUT2D eigenvalue weighted by Gasteiger charge is -2.38. The lowest BCUT2D eigenvalue weighted by atomic mass is 9.90. The molecule has 2 aliphatic heterocycles. The monoisotopic (exact) mass is 320 g/mol. The van der Waals surface area contributed by atoms with Crippen molar-refractivity contribution < 1.29 is 22.7 Å². The Kier molecular flexibility index (Phi) is 5.24. The van der Waals surface area contributed by atoms with Crippen LogP contribution >= 0.6 is 0 Å². The van der Waals surface area contributed by atoms with Crippen LogP contribution in [-0.2, 0) is 24.3 Å². The van der Waals surface area contributed by atoms with Crippen molar-refractivity contribution in [1.29, 1.82) is 0 Å². The van der Waals surface area contributed by atoms with Gasteiger partial charge in [-0.05, 0) is 25.7 Å². The molecule has 2 aliphatic rings. The highest BCUT2D eigenvalue weighted by molar-refractivity contribution is 7.88. The van der Waals surface area contributed by atoms with Gasteiger partial charge < -0.3 is 14.8 Å². The number of nitrogens with zero attached hydrogens (tertiary/aromatic N) is 1. The van der Waals surface area contributed by atoms with Crippen molar-refractivity contribution in [3.63, 3.8) is 0 Å². The van der Waals surface area contributed by atoms with Crippen LogP contribution in [-0.4, -0.2) is 69.9 Å². The normalized spacial score (nSPS) is 30.7. The molecular weight excluding hydrogens is 296 g/mol. The van der Waals surface area contributed by atoms with Gasteiger partial charge in [0.15, 0.2) is 0 Å². The van der Waals surface area contributed by atoms with Gasteiger partial charge in [-0.25, -0.2) is 8.42 Å². The van der Waals surface area contributed by atoms with E-state index in [1.807, 2.05) is 0 Å². The van der Waals surface area contributed by atoms with Crippen molar-refractivity contribution in [1.82, 2.24) is 9.62 Å². The largest absolute Gasteiger partial charge is 0.375 e. The third kappa shape index (κ3) is 4.38. The van der Waals surface area contributed by atoms with Crippen molar-refractivity contribution in [2.75, 3.05) is 39.6 Å². The summed E-state index contributed by atoms with van der Waals surface area (Å²) in [5, 5.41) is 2.78. The molecule has 0 aromatic heterocycles. The summed E-state index contributed by atoms with van der Waals surface area (Å²) >= 11 is 0. The van der Waals surface area contributed by atoms with Crippen LogP contribution in [0.1, 0.15) is 25.7 Å². The number of hydrogen-bond acceptors (Lipinski definition) is 5. The summed E-state index contributed by atoms with van der Waals surface area (Å²) < 4.78 is 35.6. The average molecular weight is 320 g/mol. The molecule has 122 valence electrons. The molecule has 1 amide bonds. The van der Waals surface area contributed by atoms with Gasteiger partial charge in [-0.15, -0.1) is 0 Å². The first-order valence-corrected chi connectivity index (χ1v) is 9.08. The zero-order valence-corrected chi connectivity index (χ0v) is 13.4. The summed E-state index contributed by atoms with van der Waals surface area (Å²) in [6.45, 7) is 1.43. The second-order valence-electron chi connectivity index (χ2n) is 5.90. The van der Waals surface area contributed by atoms with Crippen molar-refractivity contribution in [3.8, 4) is 0 Å². The lowest BCUT2D eigenvalue weighted by Crippen LogP contribution is -2.47. The SMILES string of the molecule is COCC(=O)NC[C@H]1CCC[C@]2(CCN(S(C)(=O)=O)C2)O1. The predicted octanol–water partition coefficient (Wildman–Crippen LogP) is -0.278. The van der Waals surface area contributed by atoms with Gasteiger partial charge in [-0.3, -0.25) is 4.79 Å². The van der Waals surface area contributed by atoms with Crippen LogP contribution in [0.4, 0.5) is 0 Å². The summed E-state index contributed by atoms with van der Waals surface area (Å²) in [7, 11) is -1.69. The molecule has 0 aromatic carbocycles. The van der Waals surface area contributed by atoms with E-state index in [0.717, 1.165) is 25.7 Å². The maximum atomic E-state index is 11.6. The van der Waals surface area contributed by atoms with E-state index in [0.29, 0.717) is 19.6 Å². The van der Waals surface area contributed by atoms with E-state index in [-0.39, 0.29) is 24.2 Å². The number of nitrogens with one attached hydrogen (secondary N) is 1. The van der Waals surface area contributed by atoms with E-state index in [4.69, 9.17) is 9.47 Å². The molecule has 0 radical (unpaired) electrons. The number of methoxy groups -OCH3 is 1. The third-order valence-corrected chi connectivity index (χ3v) is 5.38. The molecule has 8 heteroatoms. The van der Waals surface area contributed by atoms with E-state index in [1.165, 1.54) is 17.7 Å². The van der Waals surface area contributed by atoms with Gasteiger partial charge in [0.25, 0.3) is 0 Å². The van der Waals surface area contributed by atoms with Gasteiger partial charge >= 0.3 is 0 Å². The first-order valence-electron chi connectivity index (χ1n) is 7.23. The Morgan fingerprint density at radius 2 is 2.24 bits per heavy atom. The first kappa shape index (κ1) is 16.7. The average Bonchev–Trinajstić information content (AvgIpc) is 2.81. The summed E-state index contributed by atoms with van der Waals surface area (Å²) in [6.07, 6.45) is 4.65. The number of ether oxygens (including phenoxy) is 2. The van der Waals surface area contributed by atoms with Gasteiger partial charge in [-0.1, -0.05) is 0 Å². The number of hydrogen-bond donors (Lipinski definition) is 1. The van der Waals surface area contributed by atoms with Gasteiger partial charge in [0, 0.05) is 26.7 Å². The quantitative estimate of drug-likeness (QED) is 0.753. The first-order chi connectivity index (χ1) is 9.85. The minimum Gasteiger partial charge on any atom is -0.375 e. The smallest absolute Gasteiger partial charge is 0.246 e. The van der Waals surface area contributed by atoms with Crippen LogP contribution < -0.4 is 5.32 Å². The molecule has 2 atom stereocenters. The molecule has 1 N–H and O–H groups in total. The van der Waals surface area contributed by atoms with Crippen LogP contribution in [0.5, 0.6) is 0 Å². The van der Waals surface area contributed by atoms with Gasteiger partial charge in [0.1, 0.15) is 6.61 Å². The Morgan fingerprint density at radius 1 is 1.48 bits per heavy atom. The maximum Gasteiger partial charge on any atom is 0.246 e. The summed E-state index contributed by atoms with van der Waals surface area (Å²) in [6, 6.07) is 0. The third-order valence-electron chi connectivity index (χ3n) is 4.13. The van der Waals surface area contributed by atoms with E-state index in [2.05, 4.69) is 5.32 Å². The highest BCUT2D eigenvalue weighted by atomic mass is 32.2. The zero-order valence-electron chi connectivity index (χ0n) is 12.6. The van der Waals surface area contributed by atoms with Gasteiger partial charge in [-0.2, -0.15) is 4.31 Å². The molecule has 2 heterocycles. The molecule has 0 unspecified atom stereocenters. The van der Waals surface area contributed by atoms with Crippen molar-refractivity contribution in [3.05, 3.63) is 0 Å².